The highest BCUT2D eigenvalue weighted by Crippen LogP contribution is 2.52. The fourth-order valence-electron chi connectivity index (χ4n) is 3.79. The Morgan fingerprint density at radius 3 is 1.52 bits per heavy atom. The van der Waals surface area contributed by atoms with Crippen LogP contribution < -0.4 is 0 Å². The normalized spacial score (nSPS) is 15.2. The van der Waals surface area contributed by atoms with Crippen LogP contribution in [0.4, 0.5) is 0 Å². The number of hydrogen-bond donors (Lipinski definition) is 3. The van der Waals surface area contributed by atoms with Crippen LogP contribution in [-0.4, -0.2) is 52.4 Å². The summed E-state index contributed by atoms with van der Waals surface area (Å²) in [6.45, 7) is 2.27. The molecule has 0 rings (SSSR count). The quantitative estimate of drug-likeness (QED) is 0.0834. The minimum atomic E-state index is -4.55. The van der Waals surface area contributed by atoms with Gasteiger partial charge in [-0.2, -0.15) is 0 Å². The van der Waals surface area contributed by atoms with E-state index in [-0.39, 0.29) is 13.0 Å². The van der Waals surface area contributed by atoms with Crippen molar-refractivity contribution in [2.24, 2.45) is 0 Å². The number of allylic oxidation sites excluding steroid dienone is 4. The molecule has 3 N–H and O–H groups in total. The van der Waals surface area contributed by atoms with Crippen molar-refractivity contribution >= 4 is 7.60 Å². The maximum Gasteiger partial charge on any atom is 0.362 e. The first-order valence-corrected chi connectivity index (χ1v) is 14.0. The van der Waals surface area contributed by atoms with E-state index in [4.69, 9.17) is 0 Å². The predicted octanol–water partition coefficient (Wildman–Crippen LogP) is 6.54. The third kappa shape index (κ3) is 17.7. The second kappa shape index (κ2) is 17.1. The van der Waals surface area contributed by atoms with Crippen molar-refractivity contribution in [1.82, 2.24) is 0 Å². The summed E-state index contributed by atoms with van der Waals surface area (Å²) in [5.41, 5.74) is 0. The van der Waals surface area contributed by atoms with Gasteiger partial charge in [-0.15, -0.1) is 0 Å². The fourth-order valence-corrected chi connectivity index (χ4v) is 4.85. The van der Waals surface area contributed by atoms with Gasteiger partial charge in [0.2, 0.25) is 5.34 Å². The first kappa shape index (κ1) is 30.6. The number of aliphatic hydroxyl groups is 1. The molecule has 1 atom stereocenters. The van der Waals surface area contributed by atoms with Gasteiger partial charge in [0, 0.05) is 0 Å². The first-order valence-electron chi connectivity index (χ1n) is 12.4. The monoisotopic (exact) mass is 460 g/mol. The molecule has 0 aromatic carbocycles. The van der Waals surface area contributed by atoms with E-state index < -0.39 is 12.9 Å². The zero-order valence-electron chi connectivity index (χ0n) is 20.8. The van der Waals surface area contributed by atoms with Crippen LogP contribution in [0.15, 0.2) is 24.3 Å². The Morgan fingerprint density at radius 2 is 1.10 bits per heavy atom. The molecular weight excluding hydrogens is 409 g/mol. The molecule has 31 heavy (non-hydrogen) atoms. The van der Waals surface area contributed by atoms with Crippen molar-refractivity contribution in [3.8, 4) is 0 Å². The van der Waals surface area contributed by atoms with E-state index in [0.29, 0.717) is 10.9 Å². The molecule has 0 spiro atoms. The van der Waals surface area contributed by atoms with E-state index in [1.165, 1.54) is 57.8 Å². The molecular formula is C25H51NO4P+. The average molecular weight is 461 g/mol. The number of hydrogen-bond acceptors (Lipinski definition) is 2. The number of rotatable bonds is 20. The summed E-state index contributed by atoms with van der Waals surface area (Å²) in [4.78, 5) is 19.2. The standard InChI is InChI=1S/C25H50NO4P/c1-5-6-7-8-9-10-11-12-13-14-15-16-17-18-19-20-21-22-23-25(27,31(28,29)30)24-26(2,3)4/h7-8,14-15,27H,5-6,9-13,16-24H2,1-4H3,(H-,28,29,30)/p+1/b8-7-,15-14-. The van der Waals surface area contributed by atoms with E-state index in [0.717, 1.165) is 25.7 Å². The molecule has 0 aromatic rings. The van der Waals surface area contributed by atoms with E-state index in [2.05, 4.69) is 31.2 Å². The lowest BCUT2D eigenvalue weighted by molar-refractivity contribution is -0.875. The van der Waals surface area contributed by atoms with Crippen molar-refractivity contribution < 1.29 is 23.9 Å². The van der Waals surface area contributed by atoms with Crippen molar-refractivity contribution in [1.29, 1.82) is 0 Å². The van der Waals surface area contributed by atoms with Crippen LogP contribution >= 0.6 is 7.60 Å². The average Bonchev–Trinajstić information content (AvgIpc) is 2.65. The highest BCUT2D eigenvalue weighted by molar-refractivity contribution is 7.53. The third-order valence-corrected chi connectivity index (χ3v) is 6.95. The zero-order chi connectivity index (χ0) is 23.6. The van der Waals surface area contributed by atoms with Crippen molar-refractivity contribution in [3.05, 3.63) is 24.3 Å². The molecule has 0 saturated carbocycles. The fraction of sp³-hybridized carbons (Fsp3) is 0.840. The largest absolute Gasteiger partial charge is 0.373 e. The highest BCUT2D eigenvalue weighted by atomic mass is 31.2. The van der Waals surface area contributed by atoms with E-state index in [1.807, 2.05) is 21.1 Å². The van der Waals surface area contributed by atoms with Gasteiger partial charge in [0.05, 0.1) is 21.1 Å². The Labute approximate surface area is 192 Å². The summed E-state index contributed by atoms with van der Waals surface area (Å²) >= 11 is 0. The number of unbranched alkanes of at least 4 members (excludes halogenated alkanes) is 11. The Balaban J connectivity index is 3.68. The predicted molar refractivity (Wildman–Crippen MR) is 133 cm³/mol. The summed E-state index contributed by atoms with van der Waals surface area (Å²) < 4.78 is 12.1. The molecule has 0 heterocycles. The molecule has 6 heteroatoms. The molecule has 0 fully saturated rings. The van der Waals surface area contributed by atoms with Crippen molar-refractivity contribution in [2.75, 3.05) is 27.7 Å². The van der Waals surface area contributed by atoms with Crippen LogP contribution in [0.25, 0.3) is 0 Å². The van der Waals surface area contributed by atoms with Crippen molar-refractivity contribution in [2.45, 2.75) is 109 Å². The van der Waals surface area contributed by atoms with Crippen LogP contribution in [0, 0.1) is 0 Å². The van der Waals surface area contributed by atoms with Gasteiger partial charge in [0.1, 0.15) is 6.54 Å². The molecule has 5 nitrogen and oxygen atoms in total. The summed E-state index contributed by atoms with van der Waals surface area (Å²) in [6.07, 6.45) is 25.4. The lowest BCUT2D eigenvalue weighted by Crippen LogP contribution is -2.49. The zero-order valence-corrected chi connectivity index (χ0v) is 21.7. The van der Waals surface area contributed by atoms with Gasteiger partial charge >= 0.3 is 7.60 Å². The van der Waals surface area contributed by atoms with Gasteiger partial charge in [-0.05, 0) is 57.8 Å². The molecule has 0 bridgehead atoms. The first-order chi connectivity index (χ1) is 14.5. The summed E-state index contributed by atoms with van der Waals surface area (Å²) in [5.74, 6) is 0. The summed E-state index contributed by atoms with van der Waals surface area (Å²) in [7, 11) is 0.959. The Kier molecular flexibility index (Phi) is 16.8. The van der Waals surface area contributed by atoms with E-state index in [9.17, 15) is 19.5 Å². The molecule has 0 saturated heterocycles. The van der Waals surface area contributed by atoms with E-state index in [1.54, 1.807) is 0 Å². The lowest BCUT2D eigenvalue weighted by atomic mass is 10.0. The maximum atomic E-state index is 11.8. The number of likely N-dealkylation sites (N-methyl/N-ethyl adjacent to an activating group) is 1. The van der Waals surface area contributed by atoms with Gasteiger partial charge in [-0.25, -0.2) is 0 Å². The van der Waals surface area contributed by atoms with Crippen LogP contribution in [0.1, 0.15) is 103 Å². The van der Waals surface area contributed by atoms with Crippen LogP contribution in [0.2, 0.25) is 0 Å². The summed E-state index contributed by atoms with van der Waals surface area (Å²) in [5, 5.41) is 8.61. The van der Waals surface area contributed by atoms with E-state index >= 15 is 0 Å². The minimum Gasteiger partial charge on any atom is -0.373 e. The molecule has 0 aliphatic carbocycles. The Morgan fingerprint density at radius 1 is 0.710 bits per heavy atom. The van der Waals surface area contributed by atoms with Crippen LogP contribution in [-0.2, 0) is 4.57 Å². The van der Waals surface area contributed by atoms with Gasteiger partial charge in [-0.3, -0.25) is 4.57 Å². The SMILES string of the molecule is CCC/C=C\CCCCC/C=C\CCCCCCCCC(O)(C[N+](C)(C)C)P(=O)(O)O. The second-order valence-corrected chi connectivity index (χ2v) is 11.9. The minimum absolute atomic E-state index is 0.0552. The van der Waals surface area contributed by atoms with Gasteiger partial charge in [0.25, 0.3) is 0 Å². The van der Waals surface area contributed by atoms with Gasteiger partial charge in [0.15, 0.2) is 0 Å². The molecule has 0 radical (unpaired) electrons. The maximum absolute atomic E-state index is 11.8. The van der Waals surface area contributed by atoms with Crippen molar-refractivity contribution in [3.63, 3.8) is 0 Å². The Hall–Kier alpha value is -0.450. The number of nitrogens with zero attached hydrogens (tertiary/aromatic N) is 1. The van der Waals surface area contributed by atoms with Crippen LogP contribution in [0.5, 0.6) is 0 Å². The molecule has 0 amide bonds. The van der Waals surface area contributed by atoms with Gasteiger partial charge in [-0.1, -0.05) is 69.8 Å². The molecule has 184 valence electrons. The van der Waals surface area contributed by atoms with Crippen LogP contribution in [0.3, 0.4) is 0 Å². The Bertz CT molecular complexity index is 536. The van der Waals surface area contributed by atoms with Gasteiger partial charge < -0.3 is 19.4 Å². The summed E-state index contributed by atoms with van der Waals surface area (Å²) in [6, 6.07) is 0. The smallest absolute Gasteiger partial charge is 0.362 e. The molecule has 1 unspecified atom stereocenters. The number of quaternary nitrogens is 1. The molecule has 0 aromatic heterocycles. The topological polar surface area (TPSA) is 77.8 Å². The second-order valence-electron chi connectivity index (χ2n) is 10.0. The highest BCUT2D eigenvalue weighted by Gasteiger charge is 2.48. The third-order valence-electron chi connectivity index (χ3n) is 5.50. The molecule has 0 aliphatic heterocycles. The lowest BCUT2D eigenvalue weighted by Gasteiger charge is -2.35. The molecule has 0 aliphatic rings.